The molecule has 1 aromatic carbocycles. The molecular formula is C14H23NO2. The van der Waals surface area contributed by atoms with Gasteiger partial charge in [0, 0.05) is 19.7 Å². The molecule has 0 spiro atoms. The average Bonchev–Trinajstić information content (AvgIpc) is 2.41. The predicted octanol–water partition coefficient (Wildman–Crippen LogP) is 1.91. The van der Waals surface area contributed by atoms with E-state index in [1.54, 1.807) is 0 Å². The lowest BCUT2D eigenvalue weighted by molar-refractivity contribution is -0.0127. The fourth-order valence-corrected chi connectivity index (χ4v) is 2.56. The molecule has 3 rings (SSSR count). The molecular weight excluding hydrogens is 214 g/mol. The molecule has 1 aromatic rings. The summed E-state index contributed by atoms with van der Waals surface area (Å²) in [5, 5.41) is 10.5. The summed E-state index contributed by atoms with van der Waals surface area (Å²) in [7, 11) is 1.00. The van der Waals surface area contributed by atoms with E-state index in [0.717, 1.165) is 20.3 Å². The van der Waals surface area contributed by atoms with Crippen LogP contribution in [0.2, 0.25) is 0 Å². The van der Waals surface area contributed by atoms with Gasteiger partial charge in [0.1, 0.15) is 0 Å². The van der Waals surface area contributed by atoms with Crippen molar-refractivity contribution in [3.05, 3.63) is 35.4 Å². The Morgan fingerprint density at radius 1 is 1.29 bits per heavy atom. The summed E-state index contributed by atoms with van der Waals surface area (Å²) in [6, 6.07) is 9.20. The van der Waals surface area contributed by atoms with Gasteiger partial charge in [-0.2, -0.15) is 0 Å². The number of aryl methyl sites for hydroxylation is 1. The molecule has 0 bridgehead atoms. The van der Waals surface area contributed by atoms with E-state index in [0.29, 0.717) is 12.1 Å². The van der Waals surface area contributed by atoms with Crippen LogP contribution >= 0.6 is 0 Å². The van der Waals surface area contributed by atoms with Gasteiger partial charge < -0.3 is 15.2 Å². The third-order valence-corrected chi connectivity index (χ3v) is 3.26. The normalized spacial score (nSPS) is 25.5. The van der Waals surface area contributed by atoms with Crippen LogP contribution in [0.5, 0.6) is 0 Å². The van der Waals surface area contributed by atoms with Crippen LogP contribution in [0.25, 0.3) is 0 Å². The van der Waals surface area contributed by atoms with Gasteiger partial charge in [0.2, 0.25) is 0 Å². The number of morpholine rings is 1. The van der Waals surface area contributed by atoms with Crippen molar-refractivity contribution in [1.82, 2.24) is 5.32 Å². The second-order valence-corrected chi connectivity index (χ2v) is 4.09. The SMILES string of the molecule is C.CO.c1ccc2c(c1)CCC1NCCOC21. The molecule has 2 N–H and O–H groups in total. The number of aliphatic hydroxyl groups excluding tert-OH is 1. The number of benzene rings is 1. The summed E-state index contributed by atoms with van der Waals surface area (Å²) in [5.74, 6) is 0. The van der Waals surface area contributed by atoms with Crippen LogP contribution in [-0.4, -0.2) is 31.4 Å². The summed E-state index contributed by atoms with van der Waals surface area (Å²) in [4.78, 5) is 0. The van der Waals surface area contributed by atoms with E-state index >= 15 is 0 Å². The molecule has 96 valence electrons. The van der Waals surface area contributed by atoms with Crippen molar-refractivity contribution in [2.45, 2.75) is 32.4 Å². The van der Waals surface area contributed by atoms with E-state index in [2.05, 4.69) is 29.6 Å². The second kappa shape index (κ2) is 6.74. The van der Waals surface area contributed by atoms with Crippen LogP contribution in [0, 0.1) is 0 Å². The van der Waals surface area contributed by atoms with Gasteiger partial charge in [0.15, 0.2) is 0 Å². The minimum atomic E-state index is 0. The Kier molecular flexibility index (Phi) is 5.62. The number of hydrogen-bond donors (Lipinski definition) is 2. The Bertz CT molecular complexity index is 341. The van der Waals surface area contributed by atoms with Gasteiger partial charge in [0.05, 0.1) is 12.7 Å². The minimum Gasteiger partial charge on any atom is -0.400 e. The minimum absolute atomic E-state index is 0. The van der Waals surface area contributed by atoms with Crippen molar-refractivity contribution < 1.29 is 9.84 Å². The zero-order valence-electron chi connectivity index (χ0n) is 9.65. The Morgan fingerprint density at radius 3 is 2.88 bits per heavy atom. The largest absolute Gasteiger partial charge is 0.400 e. The van der Waals surface area contributed by atoms with Gasteiger partial charge in [-0.1, -0.05) is 31.7 Å². The van der Waals surface area contributed by atoms with Crippen molar-refractivity contribution in [2.75, 3.05) is 20.3 Å². The summed E-state index contributed by atoms with van der Waals surface area (Å²) in [6.45, 7) is 1.85. The van der Waals surface area contributed by atoms with Crippen LogP contribution in [0.1, 0.15) is 31.1 Å². The van der Waals surface area contributed by atoms with E-state index in [-0.39, 0.29) is 7.43 Å². The molecule has 0 saturated carbocycles. The summed E-state index contributed by atoms with van der Waals surface area (Å²) in [6.07, 6.45) is 2.70. The third kappa shape index (κ3) is 2.86. The zero-order valence-corrected chi connectivity index (χ0v) is 9.65. The topological polar surface area (TPSA) is 41.5 Å². The maximum absolute atomic E-state index is 7.00. The molecule has 1 heterocycles. The molecule has 3 nitrogen and oxygen atoms in total. The Morgan fingerprint density at radius 2 is 2.06 bits per heavy atom. The van der Waals surface area contributed by atoms with E-state index in [1.807, 2.05) is 0 Å². The average molecular weight is 237 g/mol. The molecule has 2 aliphatic rings. The summed E-state index contributed by atoms with van der Waals surface area (Å²) >= 11 is 0. The number of rotatable bonds is 0. The van der Waals surface area contributed by atoms with Crippen LogP contribution in [0.3, 0.4) is 0 Å². The summed E-state index contributed by atoms with van der Waals surface area (Å²) < 4.78 is 5.85. The number of fused-ring (bicyclic) bond motifs is 3. The maximum Gasteiger partial charge on any atom is 0.0981 e. The lowest BCUT2D eigenvalue weighted by atomic mass is 9.85. The molecule has 17 heavy (non-hydrogen) atoms. The molecule has 2 atom stereocenters. The van der Waals surface area contributed by atoms with Crippen LogP contribution in [-0.2, 0) is 11.2 Å². The van der Waals surface area contributed by atoms with Crippen LogP contribution in [0.4, 0.5) is 0 Å². The van der Waals surface area contributed by atoms with Gasteiger partial charge in [-0.25, -0.2) is 0 Å². The van der Waals surface area contributed by atoms with E-state index in [4.69, 9.17) is 9.84 Å². The molecule has 1 aliphatic heterocycles. The molecule has 1 saturated heterocycles. The van der Waals surface area contributed by atoms with Crippen molar-refractivity contribution in [2.24, 2.45) is 0 Å². The molecule has 0 aromatic heterocycles. The Hall–Kier alpha value is -0.900. The number of hydrogen-bond acceptors (Lipinski definition) is 3. The first-order chi connectivity index (χ1) is 7.95. The van der Waals surface area contributed by atoms with Gasteiger partial charge in [-0.3, -0.25) is 0 Å². The van der Waals surface area contributed by atoms with E-state index in [9.17, 15) is 0 Å². The highest BCUT2D eigenvalue weighted by molar-refractivity contribution is 5.33. The number of aliphatic hydroxyl groups is 1. The van der Waals surface area contributed by atoms with Gasteiger partial charge in [0.25, 0.3) is 0 Å². The third-order valence-electron chi connectivity index (χ3n) is 3.26. The second-order valence-electron chi connectivity index (χ2n) is 4.09. The van der Waals surface area contributed by atoms with Crippen LogP contribution in [0.15, 0.2) is 24.3 Å². The number of ether oxygens (including phenoxy) is 1. The first-order valence-electron chi connectivity index (χ1n) is 5.82. The first kappa shape index (κ1) is 14.2. The fourth-order valence-electron chi connectivity index (χ4n) is 2.56. The highest BCUT2D eigenvalue weighted by atomic mass is 16.5. The quantitative estimate of drug-likeness (QED) is 0.724. The lowest BCUT2D eigenvalue weighted by Crippen LogP contribution is -2.45. The molecule has 0 amide bonds. The monoisotopic (exact) mass is 237 g/mol. The number of nitrogens with one attached hydrogen (secondary N) is 1. The first-order valence-corrected chi connectivity index (χ1v) is 5.82. The van der Waals surface area contributed by atoms with Gasteiger partial charge in [-0.15, -0.1) is 0 Å². The molecule has 2 unspecified atom stereocenters. The van der Waals surface area contributed by atoms with Crippen LogP contribution < -0.4 is 5.32 Å². The molecule has 3 heteroatoms. The smallest absolute Gasteiger partial charge is 0.0981 e. The predicted molar refractivity (Wildman–Crippen MR) is 70.1 cm³/mol. The highest BCUT2D eigenvalue weighted by Gasteiger charge is 2.31. The summed E-state index contributed by atoms with van der Waals surface area (Å²) in [5.41, 5.74) is 2.87. The molecule has 0 radical (unpaired) electrons. The van der Waals surface area contributed by atoms with Gasteiger partial charge in [-0.05, 0) is 24.0 Å². The molecule has 1 aliphatic carbocycles. The fraction of sp³-hybridized carbons (Fsp3) is 0.571. The van der Waals surface area contributed by atoms with E-state index in [1.165, 1.54) is 24.0 Å². The highest BCUT2D eigenvalue weighted by Crippen LogP contribution is 2.33. The standard InChI is InChI=1S/C12H15NO.CH4O.CH4/c1-2-4-10-9(3-1)5-6-11-12(10)14-8-7-13-11;1-2;/h1-4,11-13H,5-8H2;2H,1H3;1H4. The van der Waals surface area contributed by atoms with Crippen molar-refractivity contribution in [3.8, 4) is 0 Å². The molecule has 1 fully saturated rings. The van der Waals surface area contributed by atoms with Gasteiger partial charge >= 0.3 is 0 Å². The van der Waals surface area contributed by atoms with Crippen molar-refractivity contribution >= 4 is 0 Å². The lowest BCUT2D eigenvalue weighted by Gasteiger charge is -2.37. The maximum atomic E-state index is 7.00. The Balaban J connectivity index is 0.000000459. The van der Waals surface area contributed by atoms with Crippen molar-refractivity contribution in [3.63, 3.8) is 0 Å². The van der Waals surface area contributed by atoms with E-state index < -0.39 is 0 Å². The van der Waals surface area contributed by atoms with Crippen molar-refractivity contribution in [1.29, 1.82) is 0 Å². The Labute approximate surface area is 104 Å². The zero-order chi connectivity index (χ0) is 11.4.